The molecule has 1 aliphatic heterocycles. The van der Waals surface area contributed by atoms with Crippen molar-refractivity contribution in [3.8, 4) is 12.1 Å². The number of nitrogens with zero attached hydrogens (tertiary/aromatic N) is 10. The number of benzene rings is 2. The molecule has 0 unspecified atom stereocenters. The van der Waals surface area contributed by atoms with Crippen LogP contribution >= 0.6 is 11.6 Å². The largest absolute Gasteiger partial charge is 0.444 e. The van der Waals surface area contributed by atoms with Gasteiger partial charge >= 0.3 is 12.2 Å². The van der Waals surface area contributed by atoms with Crippen molar-refractivity contribution >= 4 is 58.5 Å². The number of halogens is 1. The van der Waals surface area contributed by atoms with Gasteiger partial charge in [-0.3, -0.25) is 14.6 Å². The highest BCUT2D eigenvalue weighted by atomic mass is 35.5. The van der Waals surface area contributed by atoms with E-state index in [4.69, 9.17) is 26.8 Å². The molecule has 0 spiro atoms. The number of nitrogens with two attached hydrogens (primary N) is 1. The van der Waals surface area contributed by atoms with Gasteiger partial charge in [0.15, 0.2) is 17.2 Å². The number of carbonyl (C=O) groups excluding carboxylic acids is 3. The van der Waals surface area contributed by atoms with Crippen LogP contribution in [0.15, 0.2) is 48.7 Å². The number of imidazole rings is 1. The lowest BCUT2D eigenvalue weighted by molar-refractivity contribution is -0.122. The molecule has 2 N–H and O–H groups in total. The van der Waals surface area contributed by atoms with E-state index in [0.29, 0.717) is 31.9 Å². The minimum absolute atomic E-state index is 0.0107. The van der Waals surface area contributed by atoms with Gasteiger partial charge in [-0.2, -0.15) is 20.0 Å². The summed E-state index contributed by atoms with van der Waals surface area (Å²) in [5.41, 5.74) is 5.94. The first kappa shape index (κ1) is 37.3. The molecule has 3 amide bonds. The van der Waals surface area contributed by atoms with Gasteiger partial charge in [0.1, 0.15) is 18.3 Å². The van der Waals surface area contributed by atoms with Gasteiger partial charge in [-0.05, 0) is 52.3 Å². The maximum Gasteiger partial charge on any atom is 0.422 e. The monoisotopic (exact) mass is 727 g/mol. The molecular weight excluding hydrogens is 690 g/mol. The second kappa shape index (κ2) is 15.5. The van der Waals surface area contributed by atoms with Gasteiger partial charge in [0.25, 0.3) is 5.95 Å². The van der Waals surface area contributed by atoms with Crippen molar-refractivity contribution in [3.05, 3.63) is 70.5 Å². The lowest BCUT2D eigenvalue weighted by Gasteiger charge is -2.39. The summed E-state index contributed by atoms with van der Waals surface area (Å²) in [6.07, 6.45) is -0.452. The minimum atomic E-state index is -0.999. The zero-order valence-corrected chi connectivity index (χ0v) is 30.2. The lowest BCUT2D eigenvalue weighted by Crippen LogP contribution is -2.53. The van der Waals surface area contributed by atoms with Crippen LogP contribution in [0.25, 0.3) is 5.65 Å². The predicted molar refractivity (Wildman–Crippen MR) is 192 cm³/mol. The second-order valence-corrected chi connectivity index (χ2v) is 13.2. The molecule has 2 aromatic carbocycles. The Kier molecular flexibility index (Phi) is 11.1. The van der Waals surface area contributed by atoms with Crippen molar-refractivity contribution in [2.24, 2.45) is 5.73 Å². The van der Waals surface area contributed by atoms with Crippen molar-refractivity contribution in [1.82, 2.24) is 24.5 Å². The number of ether oxygens (including phenoxy) is 2. The summed E-state index contributed by atoms with van der Waals surface area (Å²) in [5.74, 6) is -0.829. The summed E-state index contributed by atoms with van der Waals surface area (Å²) in [7, 11) is 0. The third kappa shape index (κ3) is 7.99. The molecule has 5 rings (SSSR count). The fraction of sp³-hybridized carbons (Fsp3) is 0.371. The average Bonchev–Trinajstić information content (AvgIpc) is 3.54. The number of hydrogen-bond acceptors (Lipinski definition) is 12. The second-order valence-electron chi connectivity index (χ2n) is 12.9. The molecule has 3 heterocycles. The Morgan fingerprint density at radius 3 is 2.35 bits per heavy atom. The predicted octanol–water partition coefficient (Wildman–Crippen LogP) is 4.75. The summed E-state index contributed by atoms with van der Waals surface area (Å²) >= 11 is 7.12. The molecule has 0 saturated carbocycles. The van der Waals surface area contributed by atoms with Gasteiger partial charge in [0.05, 0.1) is 40.3 Å². The molecule has 1 fully saturated rings. The van der Waals surface area contributed by atoms with Gasteiger partial charge in [0, 0.05) is 32.7 Å². The first-order valence-electron chi connectivity index (χ1n) is 16.4. The molecule has 1 aliphatic rings. The fourth-order valence-electron chi connectivity index (χ4n) is 5.55. The van der Waals surface area contributed by atoms with E-state index in [1.54, 1.807) is 40.7 Å². The zero-order valence-electron chi connectivity index (χ0n) is 29.4. The molecular formula is C35H38ClN11O5. The van der Waals surface area contributed by atoms with E-state index in [-0.39, 0.29) is 52.5 Å². The van der Waals surface area contributed by atoms with Gasteiger partial charge in [-0.25, -0.2) is 19.5 Å². The van der Waals surface area contributed by atoms with E-state index in [2.05, 4.69) is 21.1 Å². The van der Waals surface area contributed by atoms with Crippen LogP contribution in [0.4, 0.5) is 32.7 Å². The molecule has 270 valence electrons. The van der Waals surface area contributed by atoms with E-state index < -0.39 is 29.7 Å². The van der Waals surface area contributed by atoms with E-state index in [9.17, 15) is 24.9 Å². The SMILES string of the molecule is CCN(C(=O)OCc1ccccc1)c1nc(N(C(=O)OC(C)(C)C)c2cc(C#N)cc(N3CCN([C@@H](C)C(N)=O)CC3)c2Cl)nn2c(C#N)cnc12. The molecule has 0 bridgehead atoms. The first-order chi connectivity index (χ1) is 24.8. The van der Waals surface area contributed by atoms with Crippen LogP contribution in [-0.2, 0) is 20.9 Å². The highest BCUT2D eigenvalue weighted by Gasteiger charge is 2.34. The van der Waals surface area contributed by atoms with Crippen LogP contribution in [0.5, 0.6) is 0 Å². The third-order valence-electron chi connectivity index (χ3n) is 8.24. The molecule has 16 nitrogen and oxygen atoms in total. The zero-order chi connectivity index (χ0) is 37.7. The Morgan fingerprint density at radius 1 is 1.06 bits per heavy atom. The van der Waals surface area contributed by atoms with E-state index in [1.165, 1.54) is 17.2 Å². The van der Waals surface area contributed by atoms with Crippen LogP contribution in [0, 0.1) is 22.7 Å². The number of piperazine rings is 1. The standard InChI is InChI=1S/C35H38ClN11O5/c1-6-45(33(49)51-21-23-10-8-7-9-11-23)31-30-40-20-25(19-38)47(30)42-32(41-31)46(34(50)52-35(3,4)5)27-17-24(18-37)16-26(28(27)36)44-14-12-43(13-15-44)22(2)29(39)48/h7-11,16-17,20,22H,6,12-15,21H2,1-5H3,(H2,39,48)/t22-/m0/s1. The van der Waals surface area contributed by atoms with Gasteiger partial charge in [0.2, 0.25) is 5.91 Å². The van der Waals surface area contributed by atoms with E-state index in [0.717, 1.165) is 15.0 Å². The summed E-state index contributed by atoms with van der Waals surface area (Å²) in [6.45, 7) is 10.3. The van der Waals surface area contributed by atoms with Crippen molar-refractivity contribution in [3.63, 3.8) is 0 Å². The third-order valence-corrected chi connectivity index (χ3v) is 8.63. The van der Waals surface area contributed by atoms with Gasteiger partial charge < -0.3 is 20.1 Å². The Bertz CT molecular complexity index is 2060. The quantitative estimate of drug-likeness (QED) is 0.248. The van der Waals surface area contributed by atoms with Crippen molar-refractivity contribution in [1.29, 1.82) is 10.5 Å². The number of carbonyl (C=O) groups is 3. The number of hydrogen-bond donors (Lipinski definition) is 1. The summed E-state index contributed by atoms with van der Waals surface area (Å²) < 4.78 is 12.6. The summed E-state index contributed by atoms with van der Waals surface area (Å²) in [6, 6.07) is 15.8. The number of primary amides is 1. The molecule has 0 radical (unpaired) electrons. The fourth-order valence-corrected chi connectivity index (χ4v) is 5.86. The van der Waals surface area contributed by atoms with Crippen molar-refractivity contribution < 1.29 is 23.9 Å². The molecule has 0 aliphatic carbocycles. The van der Waals surface area contributed by atoms with E-state index >= 15 is 0 Å². The average molecular weight is 728 g/mol. The molecule has 4 aromatic rings. The molecule has 17 heteroatoms. The highest BCUT2D eigenvalue weighted by molar-refractivity contribution is 6.36. The molecule has 52 heavy (non-hydrogen) atoms. The van der Waals surface area contributed by atoms with Crippen molar-refractivity contribution in [2.75, 3.05) is 47.4 Å². The normalized spacial score (nSPS) is 13.9. The van der Waals surface area contributed by atoms with E-state index in [1.807, 2.05) is 46.2 Å². The van der Waals surface area contributed by atoms with Crippen LogP contribution < -0.4 is 20.4 Å². The molecule has 1 atom stereocenters. The summed E-state index contributed by atoms with van der Waals surface area (Å²) in [4.78, 5) is 54.6. The summed E-state index contributed by atoms with van der Waals surface area (Å²) in [5, 5.41) is 24.6. The van der Waals surface area contributed by atoms with Crippen LogP contribution in [0.1, 0.15) is 51.4 Å². The maximum atomic E-state index is 14.2. The van der Waals surface area contributed by atoms with Crippen LogP contribution in [0.3, 0.4) is 0 Å². The Labute approximate surface area is 305 Å². The minimum Gasteiger partial charge on any atom is -0.444 e. The van der Waals surface area contributed by atoms with Crippen LogP contribution in [0.2, 0.25) is 5.02 Å². The number of aromatic nitrogens is 4. The van der Waals surface area contributed by atoms with Gasteiger partial charge in [-0.1, -0.05) is 41.9 Å². The smallest absolute Gasteiger partial charge is 0.422 e. The number of fused-ring (bicyclic) bond motifs is 1. The highest BCUT2D eigenvalue weighted by Crippen LogP contribution is 2.41. The number of amides is 3. The molecule has 2 aromatic heterocycles. The number of anilines is 4. The van der Waals surface area contributed by atoms with Crippen molar-refractivity contribution in [2.45, 2.75) is 52.9 Å². The lowest BCUT2D eigenvalue weighted by atomic mass is 10.1. The number of rotatable bonds is 9. The maximum absolute atomic E-state index is 14.2. The Morgan fingerprint density at radius 2 is 1.75 bits per heavy atom. The Hall–Kier alpha value is -5.97. The van der Waals surface area contributed by atoms with Gasteiger partial charge in [-0.15, -0.1) is 5.10 Å². The Balaban J connectivity index is 1.64. The number of nitriles is 2. The topological polar surface area (TPSA) is 199 Å². The molecule has 1 saturated heterocycles. The first-order valence-corrected chi connectivity index (χ1v) is 16.8. The van der Waals surface area contributed by atoms with Crippen LogP contribution in [-0.4, -0.2) is 86.9 Å².